The second-order valence-electron chi connectivity index (χ2n) is 5.96. The number of nitrogens with one attached hydrogen (secondary N) is 1. The minimum Gasteiger partial charge on any atom is -0.350 e. The van der Waals surface area contributed by atoms with E-state index in [0.29, 0.717) is 6.54 Å². The molecule has 5 heteroatoms. The molecule has 1 aliphatic carbocycles. The van der Waals surface area contributed by atoms with Gasteiger partial charge >= 0.3 is 0 Å². The van der Waals surface area contributed by atoms with Crippen LogP contribution >= 0.6 is 22.7 Å². The number of rotatable bonds is 5. The number of carbonyl (C=O) groups is 1. The standard InChI is InChI=1S/C17H22N2OS2/c1-19(2)14(16-8-5-9-21-16)10-18-17(20)13-11-22-15-7-4-3-6-12(13)15/h5,8-9,11,14H,3-4,6-7,10H2,1-2H3,(H,18,20). The third-order valence-electron chi connectivity index (χ3n) is 4.26. The van der Waals surface area contributed by atoms with E-state index in [9.17, 15) is 4.79 Å². The van der Waals surface area contributed by atoms with Crippen molar-refractivity contribution in [3.8, 4) is 0 Å². The van der Waals surface area contributed by atoms with Crippen LogP contribution in [0.4, 0.5) is 0 Å². The topological polar surface area (TPSA) is 32.3 Å². The molecular weight excluding hydrogens is 312 g/mol. The van der Waals surface area contributed by atoms with Crippen LogP contribution in [0.3, 0.4) is 0 Å². The van der Waals surface area contributed by atoms with Crippen molar-refractivity contribution in [3.05, 3.63) is 43.8 Å². The molecule has 0 saturated carbocycles. The fraction of sp³-hybridized carbons (Fsp3) is 0.471. The number of amides is 1. The van der Waals surface area contributed by atoms with Crippen molar-refractivity contribution in [2.75, 3.05) is 20.6 Å². The molecule has 1 aliphatic rings. The molecule has 118 valence electrons. The quantitative estimate of drug-likeness (QED) is 0.904. The highest BCUT2D eigenvalue weighted by molar-refractivity contribution is 7.10. The Kier molecular flexibility index (Phi) is 4.96. The molecule has 2 aromatic heterocycles. The lowest BCUT2D eigenvalue weighted by atomic mass is 9.95. The van der Waals surface area contributed by atoms with Gasteiger partial charge in [-0.25, -0.2) is 0 Å². The number of hydrogen-bond donors (Lipinski definition) is 1. The average Bonchev–Trinajstić information content (AvgIpc) is 3.16. The largest absolute Gasteiger partial charge is 0.350 e. The Balaban J connectivity index is 1.68. The Hall–Kier alpha value is -1.17. The van der Waals surface area contributed by atoms with Crippen molar-refractivity contribution in [2.24, 2.45) is 0 Å². The summed E-state index contributed by atoms with van der Waals surface area (Å²) in [6.45, 7) is 0.650. The Bertz CT molecular complexity index is 631. The number of likely N-dealkylation sites (N-methyl/N-ethyl adjacent to an activating group) is 1. The molecule has 0 bridgehead atoms. The van der Waals surface area contributed by atoms with E-state index < -0.39 is 0 Å². The summed E-state index contributed by atoms with van der Waals surface area (Å²) >= 11 is 3.49. The van der Waals surface area contributed by atoms with Gasteiger partial charge in [-0.3, -0.25) is 4.79 Å². The highest BCUT2D eigenvalue weighted by atomic mass is 32.1. The van der Waals surface area contributed by atoms with Gasteiger partial charge in [-0.1, -0.05) is 6.07 Å². The van der Waals surface area contributed by atoms with Crippen LogP contribution in [-0.2, 0) is 12.8 Å². The van der Waals surface area contributed by atoms with Gasteiger partial charge in [0.05, 0.1) is 11.6 Å². The molecule has 0 radical (unpaired) electrons. The van der Waals surface area contributed by atoms with Gasteiger partial charge < -0.3 is 10.2 Å². The maximum Gasteiger partial charge on any atom is 0.252 e. The molecule has 1 N–H and O–H groups in total. The Morgan fingerprint density at radius 3 is 2.86 bits per heavy atom. The molecule has 22 heavy (non-hydrogen) atoms. The van der Waals surface area contributed by atoms with Gasteiger partial charge in [0.25, 0.3) is 5.91 Å². The normalized spacial score (nSPS) is 15.6. The Morgan fingerprint density at radius 2 is 2.14 bits per heavy atom. The van der Waals surface area contributed by atoms with Gasteiger partial charge in [0.1, 0.15) is 0 Å². The van der Waals surface area contributed by atoms with E-state index >= 15 is 0 Å². The van der Waals surface area contributed by atoms with Crippen LogP contribution in [0, 0.1) is 0 Å². The van der Waals surface area contributed by atoms with E-state index in [4.69, 9.17) is 0 Å². The lowest BCUT2D eigenvalue weighted by Crippen LogP contribution is -2.34. The van der Waals surface area contributed by atoms with Crippen molar-refractivity contribution in [3.63, 3.8) is 0 Å². The van der Waals surface area contributed by atoms with Crippen LogP contribution < -0.4 is 5.32 Å². The highest BCUT2D eigenvalue weighted by Crippen LogP contribution is 2.30. The van der Waals surface area contributed by atoms with E-state index in [1.807, 2.05) is 5.38 Å². The molecule has 0 aromatic carbocycles. The summed E-state index contributed by atoms with van der Waals surface area (Å²) < 4.78 is 0. The van der Waals surface area contributed by atoms with Crippen molar-refractivity contribution in [1.82, 2.24) is 10.2 Å². The SMILES string of the molecule is CN(C)C(CNC(=O)c1csc2c1CCCC2)c1cccs1. The van der Waals surface area contributed by atoms with Crippen LogP contribution in [0.25, 0.3) is 0 Å². The van der Waals surface area contributed by atoms with Crippen LogP contribution in [0.5, 0.6) is 0 Å². The first-order valence-electron chi connectivity index (χ1n) is 7.74. The van der Waals surface area contributed by atoms with Crippen LogP contribution in [0.1, 0.15) is 44.6 Å². The molecule has 1 atom stereocenters. The molecule has 1 amide bonds. The molecule has 0 spiro atoms. The summed E-state index contributed by atoms with van der Waals surface area (Å²) in [7, 11) is 4.12. The number of aryl methyl sites for hydroxylation is 1. The van der Waals surface area contributed by atoms with Crippen LogP contribution in [-0.4, -0.2) is 31.4 Å². The lowest BCUT2D eigenvalue weighted by Gasteiger charge is -2.23. The monoisotopic (exact) mass is 334 g/mol. The van der Waals surface area contributed by atoms with E-state index in [1.54, 1.807) is 22.7 Å². The van der Waals surface area contributed by atoms with Gasteiger partial charge in [0, 0.05) is 21.7 Å². The smallest absolute Gasteiger partial charge is 0.252 e. The van der Waals surface area contributed by atoms with Gasteiger partial charge in [0.15, 0.2) is 0 Å². The van der Waals surface area contributed by atoms with Crippen LogP contribution in [0.15, 0.2) is 22.9 Å². The number of fused-ring (bicyclic) bond motifs is 1. The number of carbonyl (C=O) groups excluding carboxylic acids is 1. The maximum absolute atomic E-state index is 12.6. The summed E-state index contributed by atoms with van der Waals surface area (Å²) in [6, 6.07) is 4.43. The van der Waals surface area contributed by atoms with Crippen molar-refractivity contribution in [2.45, 2.75) is 31.7 Å². The molecular formula is C17H22N2OS2. The minimum absolute atomic E-state index is 0.0859. The zero-order valence-electron chi connectivity index (χ0n) is 13.1. The predicted molar refractivity (Wildman–Crippen MR) is 94.0 cm³/mol. The predicted octanol–water partition coefficient (Wildman–Crippen LogP) is 3.72. The molecule has 0 aliphatic heterocycles. The summed E-state index contributed by atoms with van der Waals surface area (Å²) in [6.07, 6.45) is 4.67. The second-order valence-corrected chi connectivity index (χ2v) is 7.91. The van der Waals surface area contributed by atoms with E-state index in [-0.39, 0.29) is 11.9 Å². The number of thiophene rings is 2. The zero-order valence-corrected chi connectivity index (χ0v) is 14.7. The summed E-state index contributed by atoms with van der Waals surface area (Å²) in [5, 5.41) is 7.27. The first kappa shape index (κ1) is 15.7. The van der Waals surface area contributed by atoms with Crippen molar-refractivity contribution < 1.29 is 4.79 Å². The fourth-order valence-corrected chi connectivity index (χ4v) is 5.04. The fourth-order valence-electron chi connectivity index (χ4n) is 2.99. The van der Waals surface area contributed by atoms with Gasteiger partial charge in [0.2, 0.25) is 0 Å². The number of nitrogens with zero attached hydrogens (tertiary/aromatic N) is 1. The summed E-state index contributed by atoms with van der Waals surface area (Å²) in [5.41, 5.74) is 2.20. The van der Waals surface area contributed by atoms with E-state index in [1.165, 1.54) is 28.2 Å². The summed E-state index contributed by atoms with van der Waals surface area (Å²) in [4.78, 5) is 17.4. The zero-order chi connectivity index (χ0) is 15.5. The maximum atomic E-state index is 12.6. The molecule has 2 heterocycles. The summed E-state index contributed by atoms with van der Waals surface area (Å²) in [5.74, 6) is 0.0859. The van der Waals surface area contributed by atoms with Gasteiger partial charge in [-0.15, -0.1) is 22.7 Å². The third-order valence-corrected chi connectivity index (χ3v) is 6.32. The molecule has 3 rings (SSSR count). The van der Waals surface area contributed by atoms with E-state index in [2.05, 4.69) is 41.8 Å². The third kappa shape index (κ3) is 3.26. The first-order chi connectivity index (χ1) is 10.7. The lowest BCUT2D eigenvalue weighted by molar-refractivity contribution is 0.0941. The van der Waals surface area contributed by atoms with Crippen LogP contribution in [0.2, 0.25) is 0 Å². The van der Waals surface area contributed by atoms with Gasteiger partial charge in [-0.05, 0) is 56.8 Å². The molecule has 2 aromatic rings. The minimum atomic E-state index is 0.0859. The highest BCUT2D eigenvalue weighted by Gasteiger charge is 2.22. The van der Waals surface area contributed by atoms with Gasteiger partial charge in [-0.2, -0.15) is 0 Å². The molecule has 1 unspecified atom stereocenters. The Morgan fingerprint density at radius 1 is 1.32 bits per heavy atom. The molecule has 0 saturated heterocycles. The number of hydrogen-bond acceptors (Lipinski definition) is 4. The molecule has 3 nitrogen and oxygen atoms in total. The Labute approximate surface area is 140 Å². The first-order valence-corrected chi connectivity index (χ1v) is 9.50. The van der Waals surface area contributed by atoms with Crippen molar-refractivity contribution >= 4 is 28.6 Å². The second kappa shape index (κ2) is 6.94. The molecule has 0 fully saturated rings. The van der Waals surface area contributed by atoms with Crippen molar-refractivity contribution in [1.29, 1.82) is 0 Å². The van der Waals surface area contributed by atoms with E-state index in [0.717, 1.165) is 18.4 Å². The average molecular weight is 335 g/mol.